The van der Waals surface area contributed by atoms with E-state index in [2.05, 4.69) is 22.2 Å². The quantitative estimate of drug-likeness (QED) is 0.667. The van der Waals surface area contributed by atoms with Crippen molar-refractivity contribution in [2.75, 3.05) is 43.4 Å². The number of anilines is 2. The van der Waals surface area contributed by atoms with Gasteiger partial charge in [-0.15, -0.1) is 0 Å². The van der Waals surface area contributed by atoms with Gasteiger partial charge in [0.15, 0.2) is 5.76 Å². The fourth-order valence-electron chi connectivity index (χ4n) is 3.45. The molecule has 0 aliphatic carbocycles. The zero-order valence-electron chi connectivity index (χ0n) is 17.4. The van der Waals surface area contributed by atoms with Gasteiger partial charge in [0, 0.05) is 37.6 Å². The second kappa shape index (κ2) is 9.05. The molecule has 1 amide bonds. The summed E-state index contributed by atoms with van der Waals surface area (Å²) in [6.45, 7) is 6.44. The topological polar surface area (TPSA) is 58.0 Å². The van der Waals surface area contributed by atoms with Crippen molar-refractivity contribution in [3.05, 3.63) is 77.7 Å². The lowest BCUT2D eigenvalue weighted by atomic mass is 10.2. The van der Waals surface area contributed by atoms with E-state index >= 15 is 0 Å². The maximum atomic E-state index is 12.5. The van der Waals surface area contributed by atoms with Crippen LogP contribution in [0.1, 0.15) is 21.9 Å². The zero-order valence-corrected chi connectivity index (χ0v) is 17.4. The summed E-state index contributed by atoms with van der Waals surface area (Å²) in [5.74, 6) is 1.37. The molecule has 1 N–H and O–H groups in total. The standard InChI is InChI=1S/C24H27N3O3/c1-18-4-3-5-21(16-18)29-17-22-10-11-23(30-22)24(28)25-19-6-8-20(9-7-19)27-14-12-26(2)13-15-27/h3-11,16H,12-15,17H2,1-2H3,(H,25,28). The van der Waals surface area contributed by atoms with Crippen molar-refractivity contribution in [3.63, 3.8) is 0 Å². The maximum absolute atomic E-state index is 12.5. The molecule has 3 aromatic rings. The second-order valence-electron chi connectivity index (χ2n) is 7.66. The average molecular weight is 405 g/mol. The second-order valence-corrected chi connectivity index (χ2v) is 7.66. The Morgan fingerprint density at radius 3 is 2.53 bits per heavy atom. The van der Waals surface area contributed by atoms with Crippen molar-refractivity contribution < 1.29 is 13.9 Å². The van der Waals surface area contributed by atoms with E-state index in [0.717, 1.165) is 43.2 Å². The molecule has 1 saturated heterocycles. The molecule has 1 aliphatic rings. The van der Waals surface area contributed by atoms with Crippen LogP contribution in [0.2, 0.25) is 0 Å². The lowest BCUT2D eigenvalue weighted by molar-refractivity contribution is 0.0992. The fraction of sp³-hybridized carbons (Fsp3) is 0.292. The Morgan fingerprint density at radius 2 is 1.80 bits per heavy atom. The molecule has 0 unspecified atom stereocenters. The summed E-state index contributed by atoms with van der Waals surface area (Å²) in [4.78, 5) is 17.2. The molecular formula is C24H27N3O3. The molecule has 0 bridgehead atoms. The van der Waals surface area contributed by atoms with Gasteiger partial charge in [0.25, 0.3) is 5.91 Å². The van der Waals surface area contributed by atoms with Crippen LogP contribution in [0, 0.1) is 6.92 Å². The van der Waals surface area contributed by atoms with E-state index in [1.165, 1.54) is 5.69 Å². The highest BCUT2D eigenvalue weighted by molar-refractivity contribution is 6.02. The molecule has 1 aromatic heterocycles. The number of benzene rings is 2. The van der Waals surface area contributed by atoms with Crippen LogP contribution in [0.25, 0.3) is 0 Å². The van der Waals surface area contributed by atoms with Gasteiger partial charge in [-0.3, -0.25) is 4.79 Å². The molecule has 0 saturated carbocycles. The third kappa shape index (κ3) is 5.02. The Balaban J connectivity index is 1.31. The van der Waals surface area contributed by atoms with Crippen LogP contribution in [-0.2, 0) is 6.61 Å². The van der Waals surface area contributed by atoms with Gasteiger partial charge in [-0.05, 0) is 68.1 Å². The Kier molecular flexibility index (Phi) is 6.05. The van der Waals surface area contributed by atoms with Gasteiger partial charge in [-0.1, -0.05) is 12.1 Å². The van der Waals surface area contributed by atoms with Crippen molar-refractivity contribution in [3.8, 4) is 5.75 Å². The van der Waals surface area contributed by atoms with Crippen molar-refractivity contribution >= 4 is 17.3 Å². The minimum Gasteiger partial charge on any atom is -0.486 e. The normalized spacial score (nSPS) is 14.5. The lowest BCUT2D eigenvalue weighted by Crippen LogP contribution is -2.44. The van der Waals surface area contributed by atoms with Gasteiger partial charge in [-0.25, -0.2) is 0 Å². The number of furan rings is 1. The van der Waals surface area contributed by atoms with Crippen LogP contribution >= 0.6 is 0 Å². The number of nitrogens with one attached hydrogen (secondary N) is 1. The Bertz CT molecular complexity index is 989. The number of piperazine rings is 1. The molecule has 1 fully saturated rings. The minimum atomic E-state index is -0.274. The van der Waals surface area contributed by atoms with Gasteiger partial charge < -0.3 is 24.3 Å². The fourth-order valence-corrected chi connectivity index (χ4v) is 3.45. The van der Waals surface area contributed by atoms with E-state index in [-0.39, 0.29) is 18.3 Å². The predicted octanol–water partition coefficient (Wildman–Crippen LogP) is 4.17. The van der Waals surface area contributed by atoms with E-state index < -0.39 is 0 Å². The Hall–Kier alpha value is -3.25. The summed E-state index contributed by atoms with van der Waals surface area (Å²) in [6.07, 6.45) is 0. The first-order valence-electron chi connectivity index (χ1n) is 10.2. The number of carbonyl (C=O) groups excluding carboxylic acids is 1. The van der Waals surface area contributed by atoms with Gasteiger partial charge >= 0.3 is 0 Å². The molecule has 6 heteroatoms. The van der Waals surface area contributed by atoms with Crippen LogP contribution in [0.4, 0.5) is 11.4 Å². The van der Waals surface area contributed by atoms with E-state index in [0.29, 0.717) is 5.76 Å². The summed E-state index contributed by atoms with van der Waals surface area (Å²) >= 11 is 0. The molecule has 4 rings (SSSR count). The SMILES string of the molecule is Cc1cccc(OCc2ccc(C(=O)Nc3ccc(N4CCN(C)CC4)cc3)o2)c1. The van der Waals surface area contributed by atoms with Gasteiger partial charge in [0.05, 0.1) is 0 Å². The van der Waals surface area contributed by atoms with E-state index in [4.69, 9.17) is 9.15 Å². The first-order chi connectivity index (χ1) is 14.6. The van der Waals surface area contributed by atoms with Crippen molar-refractivity contribution in [1.82, 2.24) is 4.90 Å². The van der Waals surface area contributed by atoms with Crippen LogP contribution < -0.4 is 15.0 Å². The molecule has 0 atom stereocenters. The summed E-state index contributed by atoms with van der Waals surface area (Å²) < 4.78 is 11.4. The van der Waals surface area contributed by atoms with E-state index in [1.807, 2.05) is 55.5 Å². The number of carbonyl (C=O) groups is 1. The highest BCUT2D eigenvalue weighted by Crippen LogP contribution is 2.21. The molecule has 0 spiro atoms. The molecular weight excluding hydrogens is 378 g/mol. The van der Waals surface area contributed by atoms with Crippen molar-refractivity contribution in [2.45, 2.75) is 13.5 Å². The molecule has 6 nitrogen and oxygen atoms in total. The molecule has 30 heavy (non-hydrogen) atoms. The van der Waals surface area contributed by atoms with Crippen LogP contribution in [0.5, 0.6) is 5.75 Å². The number of nitrogens with zero attached hydrogens (tertiary/aromatic N) is 2. The largest absolute Gasteiger partial charge is 0.486 e. The van der Waals surface area contributed by atoms with Gasteiger partial charge in [0.1, 0.15) is 18.1 Å². The van der Waals surface area contributed by atoms with Gasteiger partial charge in [-0.2, -0.15) is 0 Å². The highest BCUT2D eigenvalue weighted by atomic mass is 16.5. The summed E-state index contributed by atoms with van der Waals surface area (Å²) in [5.41, 5.74) is 3.05. The first kappa shape index (κ1) is 20.0. The molecule has 2 heterocycles. The average Bonchev–Trinajstić information content (AvgIpc) is 3.23. The number of ether oxygens (including phenoxy) is 1. The Morgan fingerprint density at radius 1 is 1.03 bits per heavy atom. The maximum Gasteiger partial charge on any atom is 0.291 e. The number of aryl methyl sites for hydroxylation is 1. The highest BCUT2D eigenvalue weighted by Gasteiger charge is 2.15. The van der Waals surface area contributed by atoms with Crippen LogP contribution in [0.3, 0.4) is 0 Å². The summed E-state index contributed by atoms with van der Waals surface area (Å²) in [7, 11) is 2.14. The van der Waals surface area contributed by atoms with Crippen LogP contribution in [0.15, 0.2) is 65.1 Å². The Labute approximate surface area is 177 Å². The van der Waals surface area contributed by atoms with E-state index in [1.54, 1.807) is 12.1 Å². The zero-order chi connectivity index (χ0) is 20.9. The van der Waals surface area contributed by atoms with Crippen LogP contribution in [-0.4, -0.2) is 44.0 Å². The molecule has 0 radical (unpaired) electrons. The first-order valence-corrected chi connectivity index (χ1v) is 10.2. The van der Waals surface area contributed by atoms with Gasteiger partial charge in [0.2, 0.25) is 0 Å². The third-order valence-corrected chi connectivity index (χ3v) is 5.25. The number of hydrogen-bond acceptors (Lipinski definition) is 5. The smallest absolute Gasteiger partial charge is 0.291 e. The lowest BCUT2D eigenvalue weighted by Gasteiger charge is -2.34. The third-order valence-electron chi connectivity index (χ3n) is 5.25. The number of hydrogen-bond donors (Lipinski definition) is 1. The van der Waals surface area contributed by atoms with E-state index in [9.17, 15) is 4.79 Å². The molecule has 156 valence electrons. The van der Waals surface area contributed by atoms with Crippen molar-refractivity contribution in [1.29, 1.82) is 0 Å². The summed E-state index contributed by atoms with van der Waals surface area (Å²) in [6, 6.07) is 19.2. The number of rotatable bonds is 6. The monoisotopic (exact) mass is 405 g/mol. The van der Waals surface area contributed by atoms with Crippen molar-refractivity contribution in [2.24, 2.45) is 0 Å². The molecule has 1 aliphatic heterocycles. The predicted molar refractivity (Wildman–Crippen MR) is 118 cm³/mol. The summed E-state index contributed by atoms with van der Waals surface area (Å²) in [5, 5.41) is 2.89. The minimum absolute atomic E-state index is 0.265. The number of amides is 1. The number of likely N-dealkylation sites (N-methyl/N-ethyl adjacent to an activating group) is 1. The molecule has 2 aromatic carbocycles.